The highest BCUT2D eigenvalue weighted by Crippen LogP contribution is 2.36. The summed E-state index contributed by atoms with van der Waals surface area (Å²) in [7, 11) is -4.05. The number of carbonyl (C=O) groups excluding carboxylic acids is 1. The first-order chi connectivity index (χ1) is 19.9. The van der Waals surface area contributed by atoms with Crippen LogP contribution in [-0.2, 0) is 28.0 Å². The van der Waals surface area contributed by atoms with E-state index < -0.39 is 10.1 Å². The molecular formula is C32H28N2O5S2. The maximum atomic E-state index is 13.6. The third-order valence-electron chi connectivity index (χ3n) is 6.11. The second kappa shape index (κ2) is 12.9. The Bertz CT molecular complexity index is 1670. The number of benzene rings is 4. The molecule has 1 heterocycles. The molecule has 41 heavy (non-hydrogen) atoms. The van der Waals surface area contributed by atoms with Crippen molar-refractivity contribution in [3.05, 3.63) is 131 Å². The number of amides is 1. The molecule has 5 rings (SSSR count). The number of hydrogen-bond acceptors (Lipinski definition) is 7. The minimum Gasteiger partial charge on any atom is -0.490 e. The van der Waals surface area contributed by atoms with Gasteiger partial charge in [0.25, 0.3) is 5.91 Å². The van der Waals surface area contributed by atoms with E-state index in [1.54, 1.807) is 48.2 Å². The molecule has 0 spiro atoms. The van der Waals surface area contributed by atoms with Crippen molar-refractivity contribution in [2.24, 2.45) is 4.99 Å². The molecule has 1 fully saturated rings. The lowest BCUT2D eigenvalue weighted by Gasteiger charge is -2.15. The summed E-state index contributed by atoms with van der Waals surface area (Å²) in [5.74, 6) is 0.172. The average molecular weight is 585 g/mol. The summed E-state index contributed by atoms with van der Waals surface area (Å²) in [5, 5.41) is 0.618. The zero-order valence-corrected chi connectivity index (χ0v) is 24.0. The molecule has 0 unspecified atom stereocenters. The molecule has 0 N–H and O–H groups in total. The van der Waals surface area contributed by atoms with E-state index in [1.807, 2.05) is 60.7 Å². The van der Waals surface area contributed by atoms with Crippen molar-refractivity contribution in [2.75, 3.05) is 6.61 Å². The van der Waals surface area contributed by atoms with Crippen molar-refractivity contribution in [3.63, 3.8) is 0 Å². The molecule has 1 saturated heterocycles. The second-order valence-electron chi connectivity index (χ2n) is 9.06. The Balaban J connectivity index is 1.43. The molecule has 0 aromatic heterocycles. The molecule has 0 saturated carbocycles. The summed E-state index contributed by atoms with van der Waals surface area (Å²) in [4.78, 5) is 20.6. The van der Waals surface area contributed by atoms with Crippen LogP contribution in [0, 0.1) is 0 Å². The molecule has 0 aliphatic carbocycles. The number of hydrogen-bond donors (Lipinski definition) is 0. The molecule has 0 radical (unpaired) electrons. The van der Waals surface area contributed by atoms with E-state index in [9.17, 15) is 13.2 Å². The van der Waals surface area contributed by atoms with E-state index in [0.29, 0.717) is 35.3 Å². The van der Waals surface area contributed by atoms with Crippen LogP contribution < -0.4 is 8.92 Å². The summed E-state index contributed by atoms with van der Waals surface area (Å²) < 4.78 is 36.7. The van der Waals surface area contributed by atoms with E-state index in [2.05, 4.69) is 0 Å². The Labute approximate surface area is 244 Å². The summed E-state index contributed by atoms with van der Waals surface area (Å²) in [6.07, 6.45) is 1.76. The number of thioether (sulfide) groups is 1. The van der Waals surface area contributed by atoms with E-state index in [1.165, 1.54) is 30.0 Å². The number of amidine groups is 1. The summed E-state index contributed by atoms with van der Waals surface area (Å²) >= 11 is 1.31. The van der Waals surface area contributed by atoms with Gasteiger partial charge in [0.2, 0.25) is 0 Å². The SMILES string of the molecule is CCOc1cc(/C=C2/SC(=NCc3ccccc3)N(Cc3ccccc3)C2=O)ccc1OS(=O)(=O)c1ccccc1. The van der Waals surface area contributed by atoms with Gasteiger partial charge in [0, 0.05) is 0 Å². The van der Waals surface area contributed by atoms with Crippen molar-refractivity contribution < 1.29 is 22.1 Å². The van der Waals surface area contributed by atoms with Gasteiger partial charge in [0.05, 0.1) is 24.6 Å². The first kappa shape index (κ1) is 28.2. The van der Waals surface area contributed by atoms with E-state index in [0.717, 1.165) is 11.1 Å². The van der Waals surface area contributed by atoms with Crippen LogP contribution in [0.3, 0.4) is 0 Å². The molecular weight excluding hydrogens is 556 g/mol. The predicted molar refractivity (Wildman–Crippen MR) is 162 cm³/mol. The van der Waals surface area contributed by atoms with Gasteiger partial charge in [-0.05, 0) is 65.7 Å². The number of carbonyl (C=O) groups is 1. The Hall–Kier alpha value is -4.34. The summed E-state index contributed by atoms with van der Waals surface area (Å²) in [6, 6.07) is 32.5. The zero-order valence-electron chi connectivity index (χ0n) is 22.3. The van der Waals surface area contributed by atoms with E-state index in [4.69, 9.17) is 13.9 Å². The molecule has 208 valence electrons. The van der Waals surface area contributed by atoms with E-state index in [-0.39, 0.29) is 22.3 Å². The Kier molecular flexibility index (Phi) is 8.86. The lowest BCUT2D eigenvalue weighted by molar-refractivity contribution is -0.122. The highest BCUT2D eigenvalue weighted by atomic mass is 32.2. The number of aliphatic imine (C=N–C) groups is 1. The van der Waals surface area contributed by atoms with Crippen molar-refractivity contribution in [1.29, 1.82) is 0 Å². The van der Waals surface area contributed by atoms with Crippen LogP contribution in [0.15, 0.2) is 124 Å². The quantitative estimate of drug-likeness (QED) is 0.156. The Morgan fingerprint density at radius 3 is 2.12 bits per heavy atom. The van der Waals surface area contributed by atoms with Crippen LogP contribution in [0.25, 0.3) is 6.08 Å². The molecule has 1 aliphatic rings. The maximum Gasteiger partial charge on any atom is 0.339 e. The van der Waals surface area contributed by atoms with Gasteiger partial charge in [0.1, 0.15) is 4.90 Å². The average Bonchev–Trinajstić information content (AvgIpc) is 3.28. The zero-order chi connectivity index (χ0) is 28.7. The highest BCUT2D eigenvalue weighted by molar-refractivity contribution is 8.18. The van der Waals surface area contributed by atoms with Crippen molar-refractivity contribution in [3.8, 4) is 11.5 Å². The minimum absolute atomic E-state index is 0.0439. The first-order valence-electron chi connectivity index (χ1n) is 13.0. The smallest absolute Gasteiger partial charge is 0.339 e. The van der Waals surface area contributed by atoms with Crippen LogP contribution in [0.2, 0.25) is 0 Å². The fourth-order valence-corrected chi connectivity index (χ4v) is 6.07. The van der Waals surface area contributed by atoms with Gasteiger partial charge >= 0.3 is 10.1 Å². The Morgan fingerprint density at radius 1 is 0.829 bits per heavy atom. The lowest BCUT2D eigenvalue weighted by Crippen LogP contribution is -2.28. The standard InChI is InChI=1S/C32H28N2O5S2/c1-2-38-29-20-26(18-19-28(29)39-41(36,37)27-16-10-5-11-17-27)21-30-31(35)34(23-25-14-8-4-9-15-25)32(40-30)33-22-24-12-6-3-7-13-24/h3-21H,2,22-23H2,1H3/b30-21+,33-32?. The monoisotopic (exact) mass is 584 g/mol. The van der Waals surface area contributed by atoms with Gasteiger partial charge in [-0.25, -0.2) is 0 Å². The molecule has 9 heteroatoms. The van der Waals surface area contributed by atoms with Gasteiger partial charge in [-0.2, -0.15) is 8.42 Å². The molecule has 0 atom stereocenters. The Morgan fingerprint density at radius 2 is 1.46 bits per heavy atom. The van der Waals surface area contributed by atoms with Crippen molar-refractivity contribution >= 4 is 39.0 Å². The minimum atomic E-state index is -4.05. The van der Waals surface area contributed by atoms with Gasteiger partial charge < -0.3 is 8.92 Å². The molecule has 7 nitrogen and oxygen atoms in total. The van der Waals surface area contributed by atoms with Crippen LogP contribution in [0.4, 0.5) is 0 Å². The first-order valence-corrected chi connectivity index (χ1v) is 15.3. The lowest BCUT2D eigenvalue weighted by atomic mass is 10.1. The fourth-order valence-electron chi connectivity index (χ4n) is 4.13. The topological polar surface area (TPSA) is 85.3 Å². The number of nitrogens with zero attached hydrogens (tertiary/aromatic N) is 2. The van der Waals surface area contributed by atoms with Gasteiger partial charge in [-0.1, -0.05) is 84.9 Å². The van der Waals surface area contributed by atoms with Crippen LogP contribution >= 0.6 is 11.8 Å². The molecule has 4 aromatic carbocycles. The summed E-state index contributed by atoms with van der Waals surface area (Å²) in [5.41, 5.74) is 2.71. The normalized spacial score (nSPS) is 15.4. The van der Waals surface area contributed by atoms with E-state index >= 15 is 0 Å². The fraction of sp³-hybridized carbons (Fsp3) is 0.125. The summed E-state index contributed by atoms with van der Waals surface area (Å²) in [6.45, 7) is 2.95. The molecule has 1 aliphatic heterocycles. The largest absolute Gasteiger partial charge is 0.490 e. The van der Waals surface area contributed by atoms with Crippen LogP contribution in [0.5, 0.6) is 11.5 Å². The number of rotatable bonds is 10. The number of ether oxygens (including phenoxy) is 1. The van der Waals surface area contributed by atoms with Crippen LogP contribution in [0.1, 0.15) is 23.6 Å². The maximum absolute atomic E-state index is 13.6. The highest BCUT2D eigenvalue weighted by Gasteiger charge is 2.33. The molecule has 0 bridgehead atoms. The van der Waals surface area contributed by atoms with Crippen LogP contribution in [-0.4, -0.2) is 31.0 Å². The van der Waals surface area contributed by atoms with Crippen molar-refractivity contribution in [2.45, 2.75) is 24.9 Å². The third kappa shape index (κ3) is 7.06. The molecule has 4 aromatic rings. The van der Waals surface area contributed by atoms with Gasteiger partial charge in [-0.15, -0.1) is 0 Å². The third-order valence-corrected chi connectivity index (χ3v) is 8.40. The van der Waals surface area contributed by atoms with Crippen molar-refractivity contribution in [1.82, 2.24) is 4.90 Å². The second-order valence-corrected chi connectivity index (χ2v) is 11.6. The van der Waals surface area contributed by atoms with Gasteiger partial charge in [0.15, 0.2) is 16.7 Å². The predicted octanol–water partition coefficient (Wildman–Crippen LogP) is 6.53. The van der Waals surface area contributed by atoms with Gasteiger partial charge in [-0.3, -0.25) is 14.7 Å². The molecule has 1 amide bonds.